The first kappa shape index (κ1) is 35.5. The van der Waals surface area contributed by atoms with E-state index in [0.29, 0.717) is 0 Å². The molecular formula is C61H38N2. The normalized spacial score (nSPS) is 11.9. The van der Waals surface area contributed by atoms with Crippen LogP contribution in [0.2, 0.25) is 0 Å². The molecule has 0 radical (unpaired) electrons. The van der Waals surface area contributed by atoms with Gasteiger partial charge in [-0.05, 0) is 107 Å². The van der Waals surface area contributed by atoms with E-state index >= 15 is 0 Å². The first-order valence-electron chi connectivity index (χ1n) is 21.7. The fraction of sp³-hybridized carbons (Fsp3) is 0.0164. The van der Waals surface area contributed by atoms with Crippen LogP contribution in [0.15, 0.2) is 212 Å². The largest absolute Gasteiger partial charge is 0.247 e. The molecule has 0 aliphatic heterocycles. The summed E-state index contributed by atoms with van der Waals surface area (Å²) in [6.45, 7) is 2.25. The van der Waals surface area contributed by atoms with Crippen LogP contribution in [-0.4, -0.2) is 9.97 Å². The number of aromatic nitrogens is 2. The first-order chi connectivity index (χ1) is 31.1. The molecule has 0 aliphatic rings. The number of aryl methyl sites for hydroxylation is 1. The Morgan fingerprint density at radius 2 is 0.825 bits per heavy atom. The van der Waals surface area contributed by atoms with Crippen molar-refractivity contribution in [2.24, 2.45) is 0 Å². The molecule has 13 rings (SSSR count). The maximum atomic E-state index is 5.54. The molecular weight excluding hydrogens is 761 g/mol. The zero-order chi connectivity index (χ0) is 41.6. The van der Waals surface area contributed by atoms with Crippen molar-refractivity contribution in [1.29, 1.82) is 0 Å². The molecule has 11 aromatic carbocycles. The van der Waals surface area contributed by atoms with Gasteiger partial charge in [-0.2, -0.15) is 0 Å². The average Bonchev–Trinajstić information content (AvgIpc) is 3.35. The van der Waals surface area contributed by atoms with E-state index in [9.17, 15) is 0 Å². The highest BCUT2D eigenvalue weighted by molar-refractivity contribution is 6.31. The highest BCUT2D eigenvalue weighted by Gasteiger charge is 2.18. The number of hydrogen-bond acceptors (Lipinski definition) is 2. The maximum Gasteiger partial charge on any atom is 0.0800 e. The molecule has 63 heavy (non-hydrogen) atoms. The van der Waals surface area contributed by atoms with Crippen LogP contribution >= 0.6 is 0 Å². The molecule has 2 aromatic heterocycles. The fourth-order valence-electron chi connectivity index (χ4n) is 10.3. The Kier molecular flexibility index (Phi) is 7.85. The van der Waals surface area contributed by atoms with Crippen LogP contribution in [0.4, 0.5) is 0 Å². The van der Waals surface area contributed by atoms with E-state index in [1.807, 2.05) is 0 Å². The van der Waals surface area contributed by atoms with E-state index in [1.54, 1.807) is 0 Å². The predicted octanol–water partition coefficient (Wildman–Crippen LogP) is 16.7. The fourth-order valence-corrected chi connectivity index (χ4v) is 10.3. The van der Waals surface area contributed by atoms with Gasteiger partial charge in [0.15, 0.2) is 0 Å². The molecule has 0 spiro atoms. The monoisotopic (exact) mass is 798 g/mol. The Bertz CT molecular complexity index is 4030. The third-order valence-corrected chi connectivity index (χ3v) is 13.4. The van der Waals surface area contributed by atoms with Gasteiger partial charge in [-0.3, -0.25) is 0 Å². The summed E-state index contributed by atoms with van der Waals surface area (Å²) in [7, 11) is 0. The summed E-state index contributed by atoms with van der Waals surface area (Å²) in [5.74, 6) is 0. The van der Waals surface area contributed by atoms with Crippen LogP contribution < -0.4 is 0 Å². The predicted molar refractivity (Wildman–Crippen MR) is 269 cm³/mol. The van der Waals surface area contributed by atoms with Crippen LogP contribution in [0.1, 0.15) is 5.56 Å². The molecule has 2 heteroatoms. The smallest absolute Gasteiger partial charge is 0.0800 e. The summed E-state index contributed by atoms with van der Waals surface area (Å²) in [5.41, 5.74) is 12.4. The van der Waals surface area contributed by atoms with Gasteiger partial charge in [0.2, 0.25) is 0 Å². The minimum Gasteiger partial charge on any atom is -0.247 e. The van der Waals surface area contributed by atoms with Crippen molar-refractivity contribution < 1.29 is 0 Å². The van der Waals surface area contributed by atoms with E-state index in [0.717, 1.165) is 44.3 Å². The molecule has 0 amide bonds. The maximum absolute atomic E-state index is 5.54. The van der Waals surface area contributed by atoms with Gasteiger partial charge in [-0.25, -0.2) is 9.97 Å². The second-order valence-corrected chi connectivity index (χ2v) is 16.9. The zero-order valence-corrected chi connectivity index (χ0v) is 34.6. The first-order valence-corrected chi connectivity index (χ1v) is 21.7. The molecule has 0 N–H and O–H groups in total. The van der Waals surface area contributed by atoms with Gasteiger partial charge in [-0.15, -0.1) is 0 Å². The summed E-state index contributed by atoms with van der Waals surface area (Å²) in [6.07, 6.45) is 0. The van der Waals surface area contributed by atoms with Gasteiger partial charge < -0.3 is 0 Å². The van der Waals surface area contributed by atoms with Crippen LogP contribution in [0.5, 0.6) is 0 Å². The van der Waals surface area contributed by atoms with Gasteiger partial charge in [0.05, 0.1) is 22.4 Å². The second-order valence-electron chi connectivity index (χ2n) is 16.9. The van der Waals surface area contributed by atoms with Crippen LogP contribution in [0, 0.1) is 6.92 Å². The summed E-state index contributed by atoms with van der Waals surface area (Å²) < 4.78 is 0. The van der Waals surface area contributed by atoms with Crippen molar-refractivity contribution >= 4 is 86.4 Å². The summed E-state index contributed by atoms with van der Waals surface area (Å²) >= 11 is 0. The zero-order valence-electron chi connectivity index (χ0n) is 34.6. The number of fused-ring (bicyclic) bond motifs is 14. The van der Waals surface area contributed by atoms with E-state index in [1.165, 1.54) is 92.5 Å². The Balaban J connectivity index is 0.896. The molecule has 2 heterocycles. The topological polar surface area (TPSA) is 25.8 Å². The molecule has 0 atom stereocenters. The number of hydrogen-bond donors (Lipinski definition) is 0. The van der Waals surface area contributed by atoms with E-state index in [4.69, 9.17) is 9.97 Å². The lowest BCUT2D eigenvalue weighted by Gasteiger charge is -2.16. The van der Waals surface area contributed by atoms with E-state index in [-0.39, 0.29) is 0 Å². The Hall–Kier alpha value is -8.20. The van der Waals surface area contributed by atoms with Gasteiger partial charge in [0.25, 0.3) is 0 Å². The van der Waals surface area contributed by atoms with Crippen LogP contribution in [-0.2, 0) is 0 Å². The molecule has 0 aliphatic carbocycles. The lowest BCUT2D eigenvalue weighted by molar-refractivity contribution is 1.40. The number of benzene rings is 11. The molecule has 0 saturated heterocycles. The number of rotatable bonds is 4. The minimum atomic E-state index is 0.993. The van der Waals surface area contributed by atoms with Crippen LogP contribution in [0.3, 0.4) is 0 Å². The third kappa shape index (κ3) is 5.58. The molecule has 292 valence electrons. The van der Waals surface area contributed by atoms with E-state index < -0.39 is 0 Å². The lowest BCUT2D eigenvalue weighted by Crippen LogP contribution is -1.93. The third-order valence-electron chi connectivity index (χ3n) is 13.4. The summed E-state index contributed by atoms with van der Waals surface area (Å²) in [6, 6.07) is 77.2. The summed E-state index contributed by atoms with van der Waals surface area (Å²) in [4.78, 5) is 10.8. The van der Waals surface area contributed by atoms with Crippen molar-refractivity contribution in [2.45, 2.75) is 6.92 Å². The molecule has 0 unspecified atom stereocenters. The number of pyridine rings is 2. The Morgan fingerprint density at radius 3 is 1.60 bits per heavy atom. The van der Waals surface area contributed by atoms with Gasteiger partial charge in [-0.1, -0.05) is 188 Å². The summed E-state index contributed by atoms with van der Waals surface area (Å²) in [5, 5.41) is 17.0. The van der Waals surface area contributed by atoms with Crippen molar-refractivity contribution in [2.75, 3.05) is 0 Å². The molecule has 0 saturated carbocycles. The standard InChI is InChI=1S/C61H38N2/c1-37-47(30-26-39-22-23-40-29-33-56(62-60(40)57(37)39)38-12-3-2-4-13-38)43-28-32-49-45(36-43)25-24-44-34-42(27-31-48(44)49)41-14-11-15-46(35-41)59-55-21-10-8-19-53(55)58-52-18-7-5-16-50(52)51-17-6-9-20-54(51)61(58)63-59/h2-36H,1H3. The van der Waals surface area contributed by atoms with Gasteiger partial charge >= 0.3 is 0 Å². The Labute approximate surface area is 364 Å². The minimum absolute atomic E-state index is 0.993. The van der Waals surface area contributed by atoms with Crippen molar-refractivity contribution in [3.05, 3.63) is 218 Å². The van der Waals surface area contributed by atoms with Gasteiger partial charge in [0, 0.05) is 38.1 Å². The average molecular weight is 799 g/mol. The van der Waals surface area contributed by atoms with Crippen molar-refractivity contribution in [3.8, 4) is 44.8 Å². The van der Waals surface area contributed by atoms with Crippen molar-refractivity contribution in [1.82, 2.24) is 9.97 Å². The second kappa shape index (κ2) is 13.9. The lowest BCUT2D eigenvalue weighted by atomic mass is 9.91. The molecule has 0 bridgehead atoms. The molecule has 2 nitrogen and oxygen atoms in total. The molecule has 0 fully saturated rings. The highest BCUT2D eigenvalue weighted by atomic mass is 14.7. The SMILES string of the molecule is Cc1c(-c2ccc3c(ccc4cc(-c5cccc(-c6nc7c8ccccc8c8ccccc8c7c7ccccc67)c5)ccc43)c2)ccc2ccc3ccc(-c4ccccc4)nc3c12. The molecule has 13 aromatic rings. The van der Waals surface area contributed by atoms with E-state index in [2.05, 4.69) is 219 Å². The quantitative estimate of drug-likeness (QED) is 0.166. The van der Waals surface area contributed by atoms with Crippen molar-refractivity contribution in [3.63, 3.8) is 0 Å². The highest BCUT2D eigenvalue weighted by Crippen LogP contribution is 2.42. The van der Waals surface area contributed by atoms with Crippen LogP contribution in [0.25, 0.3) is 131 Å². The number of nitrogens with zero attached hydrogens (tertiary/aromatic N) is 2. The Morgan fingerprint density at radius 1 is 0.286 bits per heavy atom. The van der Waals surface area contributed by atoms with Gasteiger partial charge in [0.1, 0.15) is 0 Å².